The molecule has 0 bridgehead atoms. The van der Waals surface area contributed by atoms with E-state index in [0.717, 1.165) is 0 Å². The van der Waals surface area contributed by atoms with Crippen LogP contribution in [0.15, 0.2) is 0 Å². The van der Waals surface area contributed by atoms with E-state index in [1.807, 2.05) is 0 Å². The van der Waals surface area contributed by atoms with Crippen LogP contribution in [0.3, 0.4) is 0 Å². The van der Waals surface area contributed by atoms with E-state index in [-0.39, 0.29) is 25.0 Å². The maximum absolute atomic E-state index is 10.7. The number of rotatable bonds is 4. The predicted molar refractivity (Wildman–Crippen MR) is 45.2 cm³/mol. The van der Waals surface area contributed by atoms with Crippen molar-refractivity contribution in [3.8, 4) is 0 Å². The van der Waals surface area contributed by atoms with Crippen LogP contribution in [0, 0.1) is 0 Å². The summed E-state index contributed by atoms with van der Waals surface area (Å²) in [6.07, 6.45) is 0.737. The van der Waals surface area contributed by atoms with E-state index in [4.69, 9.17) is 34.8 Å². The monoisotopic (exact) mass is 216 g/mol. The summed E-state index contributed by atoms with van der Waals surface area (Å²) in [5.41, 5.74) is 0. The fourth-order valence-corrected chi connectivity index (χ4v) is 0.760. The van der Waals surface area contributed by atoms with Crippen molar-refractivity contribution in [3.63, 3.8) is 0 Å². The van der Waals surface area contributed by atoms with E-state index in [1.165, 1.54) is 0 Å². The second-order valence-electron chi connectivity index (χ2n) is 2.02. The van der Waals surface area contributed by atoms with Gasteiger partial charge in [-0.15, -0.1) is 0 Å². The molecule has 0 unspecified atom stereocenters. The molecule has 0 aliphatic rings. The Balaban J connectivity index is 3.54. The van der Waals surface area contributed by atoms with E-state index in [9.17, 15) is 9.59 Å². The van der Waals surface area contributed by atoms with Crippen LogP contribution in [0.1, 0.15) is 19.3 Å². The number of carbonyl (C=O) groups excluding carboxylic acids is 2. The molecule has 0 spiro atoms. The molecule has 0 saturated carbocycles. The first-order valence-corrected chi connectivity index (χ1v) is 4.11. The second kappa shape index (κ2) is 4.96. The van der Waals surface area contributed by atoms with Crippen LogP contribution in [-0.2, 0) is 9.59 Å². The molecule has 0 aromatic heterocycles. The van der Waals surface area contributed by atoms with Gasteiger partial charge in [-0.1, -0.05) is 34.8 Å². The topological polar surface area (TPSA) is 34.1 Å². The van der Waals surface area contributed by atoms with Crippen LogP contribution in [0.4, 0.5) is 0 Å². The quantitative estimate of drug-likeness (QED) is 0.411. The average Bonchev–Trinajstić information content (AvgIpc) is 1.83. The highest BCUT2D eigenvalue weighted by Gasteiger charge is 2.20. The Hall–Kier alpha value is 0.210. The third-order valence-corrected chi connectivity index (χ3v) is 1.57. The summed E-state index contributed by atoms with van der Waals surface area (Å²) in [4.78, 5) is 20.5. The van der Waals surface area contributed by atoms with Gasteiger partial charge in [0, 0.05) is 12.8 Å². The first-order chi connectivity index (χ1) is 4.95. The lowest BCUT2D eigenvalue weighted by atomic mass is 10.2. The molecule has 0 rings (SSSR count). The molecular formula is C6H7Cl3O2. The minimum Gasteiger partial charge on any atom is -0.303 e. The Morgan fingerprint density at radius 2 is 1.91 bits per heavy atom. The molecule has 5 heteroatoms. The molecule has 0 aliphatic heterocycles. The van der Waals surface area contributed by atoms with Gasteiger partial charge in [-0.05, 0) is 0 Å². The number of alkyl halides is 3. The molecule has 0 aromatic carbocycles. The van der Waals surface area contributed by atoms with Crippen molar-refractivity contribution in [2.75, 3.05) is 0 Å². The van der Waals surface area contributed by atoms with E-state index in [0.29, 0.717) is 6.29 Å². The molecular weight excluding hydrogens is 210 g/mol. The van der Waals surface area contributed by atoms with E-state index >= 15 is 0 Å². The van der Waals surface area contributed by atoms with Gasteiger partial charge in [-0.25, -0.2) is 0 Å². The van der Waals surface area contributed by atoms with Crippen LogP contribution in [0.5, 0.6) is 0 Å². The van der Waals surface area contributed by atoms with Crippen molar-refractivity contribution in [1.29, 1.82) is 0 Å². The smallest absolute Gasteiger partial charge is 0.191 e. The zero-order valence-electron chi connectivity index (χ0n) is 5.65. The minimum atomic E-state index is -1.39. The summed E-state index contributed by atoms with van der Waals surface area (Å²) in [5.74, 6) is -0.202. The van der Waals surface area contributed by atoms with Crippen LogP contribution < -0.4 is 0 Å². The number of aldehydes is 1. The molecule has 0 saturated heterocycles. The standard InChI is InChI=1S/C6H7Cl3O2/c7-6(8,9)3-1-5(11)2-4-10/h4H,1-3H2. The largest absolute Gasteiger partial charge is 0.303 e. The van der Waals surface area contributed by atoms with Crippen LogP contribution >= 0.6 is 34.8 Å². The maximum Gasteiger partial charge on any atom is 0.191 e. The molecule has 0 atom stereocenters. The normalized spacial score (nSPS) is 11.2. The van der Waals surface area contributed by atoms with Crippen LogP contribution in [-0.4, -0.2) is 15.9 Å². The van der Waals surface area contributed by atoms with Gasteiger partial charge in [0.05, 0.1) is 6.42 Å². The van der Waals surface area contributed by atoms with E-state index in [1.54, 1.807) is 0 Å². The molecule has 0 fully saturated rings. The Bertz CT molecular complexity index is 150. The molecule has 0 aromatic rings. The molecule has 0 radical (unpaired) electrons. The zero-order valence-corrected chi connectivity index (χ0v) is 7.92. The summed E-state index contributed by atoms with van der Waals surface area (Å²) in [7, 11) is 0. The summed E-state index contributed by atoms with van der Waals surface area (Å²) in [6, 6.07) is 0. The van der Waals surface area contributed by atoms with Gasteiger partial charge in [0.1, 0.15) is 12.1 Å². The number of ketones is 1. The van der Waals surface area contributed by atoms with Crippen molar-refractivity contribution in [3.05, 3.63) is 0 Å². The molecule has 2 nitrogen and oxygen atoms in total. The summed E-state index contributed by atoms with van der Waals surface area (Å²) in [5, 5.41) is 0. The van der Waals surface area contributed by atoms with Crippen molar-refractivity contribution >= 4 is 46.9 Å². The lowest BCUT2D eigenvalue weighted by Crippen LogP contribution is -2.07. The van der Waals surface area contributed by atoms with E-state index < -0.39 is 3.79 Å². The van der Waals surface area contributed by atoms with Crippen LogP contribution in [0.25, 0.3) is 0 Å². The molecule has 11 heavy (non-hydrogen) atoms. The Morgan fingerprint density at radius 1 is 1.36 bits per heavy atom. The summed E-state index contributed by atoms with van der Waals surface area (Å²) >= 11 is 16.1. The summed E-state index contributed by atoms with van der Waals surface area (Å²) < 4.78 is -1.39. The second-order valence-corrected chi connectivity index (χ2v) is 4.54. The fraction of sp³-hybridized carbons (Fsp3) is 0.667. The molecule has 0 N–H and O–H groups in total. The third kappa shape index (κ3) is 8.11. The Labute approximate surface area is 79.8 Å². The molecule has 0 heterocycles. The van der Waals surface area contributed by atoms with Crippen molar-refractivity contribution in [1.82, 2.24) is 0 Å². The van der Waals surface area contributed by atoms with Gasteiger partial charge in [0.15, 0.2) is 3.79 Å². The van der Waals surface area contributed by atoms with Crippen molar-refractivity contribution < 1.29 is 9.59 Å². The van der Waals surface area contributed by atoms with Gasteiger partial charge < -0.3 is 4.79 Å². The minimum absolute atomic E-state index is 0.0965. The first-order valence-electron chi connectivity index (χ1n) is 2.98. The third-order valence-electron chi connectivity index (χ3n) is 0.998. The van der Waals surface area contributed by atoms with Crippen molar-refractivity contribution in [2.24, 2.45) is 0 Å². The van der Waals surface area contributed by atoms with Gasteiger partial charge in [-0.2, -0.15) is 0 Å². The highest BCUT2D eigenvalue weighted by Crippen LogP contribution is 2.31. The summed E-state index contributed by atoms with van der Waals surface area (Å²) in [6.45, 7) is 0. The Kier molecular flexibility index (Phi) is 5.06. The van der Waals surface area contributed by atoms with Gasteiger partial charge in [0.25, 0.3) is 0 Å². The lowest BCUT2D eigenvalue weighted by Gasteiger charge is -2.07. The lowest BCUT2D eigenvalue weighted by molar-refractivity contribution is -0.122. The SMILES string of the molecule is O=CCC(=O)CCC(Cl)(Cl)Cl. The number of halogens is 3. The molecule has 0 aliphatic carbocycles. The molecule has 64 valence electrons. The average molecular weight is 217 g/mol. The number of hydrogen-bond acceptors (Lipinski definition) is 2. The van der Waals surface area contributed by atoms with Crippen LogP contribution in [0.2, 0.25) is 0 Å². The van der Waals surface area contributed by atoms with Gasteiger partial charge in [0.2, 0.25) is 0 Å². The predicted octanol–water partition coefficient (Wildman–Crippen LogP) is 2.29. The maximum atomic E-state index is 10.7. The van der Waals surface area contributed by atoms with E-state index in [2.05, 4.69) is 0 Å². The highest BCUT2D eigenvalue weighted by molar-refractivity contribution is 6.67. The van der Waals surface area contributed by atoms with Gasteiger partial charge >= 0.3 is 0 Å². The highest BCUT2D eigenvalue weighted by atomic mass is 35.6. The number of carbonyl (C=O) groups is 2. The zero-order chi connectivity index (χ0) is 8.91. The first kappa shape index (κ1) is 11.2. The fourth-order valence-electron chi connectivity index (χ4n) is 0.476. The van der Waals surface area contributed by atoms with Gasteiger partial charge in [-0.3, -0.25) is 4.79 Å². The Morgan fingerprint density at radius 3 is 2.27 bits per heavy atom. The van der Waals surface area contributed by atoms with Crippen molar-refractivity contribution in [2.45, 2.75) is 23.1 Å². The number of hydrogen-bond donors (Lipinski definition) is 0. The molecule has 0 amide bonds. The number of Topliss-reactive ketones (excluding diaryl/α,β-unsaturated/α-hetero) is 1.